The summed E-state index contributed by atoms with van der Waals surface area (Å²) < 4.78 is 16.2. The first-order valence-electron chi connectivity index (χ1n) is 9.16. The molecule has 0 saturated carbocycles. The van der Waals surface area contributed by atoms with Crippen molar-refractivity contribution >= 4 is 22.4 Å². The molecule has 0 spiro atoms. The van der Waals surface area contributed by atoms with E-state index in [1.165, 1.54) is 11.3 Å². The Morgan fingerprint density at radius 1 is 1.03 bits per heavy atom. The number of aromatic nitrogens is 2. The van der Waals surface area contributed by atoms with Gasteiger partial charge in [0, 0.05) is 12.0 Å². The number of carbonyl (C=O) groups is 1. The highest BCUT2D eigenvalue weighted by atomic mass is 32.1. The zero-order valence-electron chi connectivity index (χ0n) is 16.6. The molecule has 2 aromatic carbocycles. The molecule has 29 heavy (non-hydrogen) atoms. The lowest BCUT2D eigenvalue weighted by Gasteiger charge is -2.09. The highest BCUT2D eigenvalue weighted by Crippen LogP contribution is 2.29. The van der Waals surface area contributed by atoms with Crippen molar-refractivity contribution in [3.8, 4) is 17.2 Å². The Morgan fingerprint density at radius 2 is 1.83 bits per heavy atom. The van der Waals surface area contributed by atoms with Crippen LogP contribution in [0.15, 0.2) is 42.5 Å². The van der Waals surface area contributed by atoms with E-state index in [0.29, 0.717) is 29.7 Å². The Kier molecular flexibility index (Phi) is 7.02. The van der Waals surface area contributed by atoms with Crippen LogP contribution in [0.2, 0.25) is 0 Å². The number of rotatable bonds is 9. The molecule has 0 aliphatic rings. The zero-order chi connectivity index (χ0) is 20.6. The molecule has 1 aromatic heterocycles. The van der Waals surface area contributed by atoms with Gasteiger partial charge in [0.1, 0.15) is 10.8 Å². The monoisotopic (exact) mass is 413 g/mol. The van der Waals surface area contributed by atoms with Crippen molar-refractivity contribution in [2.24, 2.45) is 0 Å². The summed E-state index contributed by atoms with van der Waals surface area (Å²) in [6.07, 6.45) is 0.793. The second-order valence-corrected chi connectivity index (χ2v) is 7.19. The molecule has 0 radical (unpaired) electrons. The predicted octanol–water partition coefficient (Wildman–Crippen LogP) is 3.73. The third kappa shape index (κ3) is 5.45. The van der Waals surface area contributed by atoms with Gasteiger partial charge in [0.2, 0.25) is 11.0 Å². The van der Waals surface area contributed by atoms with Crippen LogP contribution in [0, 0.1) is 0 Å². The van der Waals surface area contributed by atoms with Crippen LogP contribution >= 0.6 is 11.3 Å². The van der Waals surface area contributed by atoms with Crippen molar-refractivity contribution < 1.29 is 19.0 Å². The Bertz CT molecular complexity index is 974. The van der Waals surface area contributed by atoms with Crippen molar-refractivity contribution in [3.63, 3.8) is 0 Å². The minimum atomic E-state index is -0.161. The predicted molar refractivity (Wildman–Crippen MR) is 112 cm³/mol. The number of benzene rings is 2. The molecule has 0 fully saturated rings. The smallest absolute Gasteiger partial charge is 0.230 e. The summed E-state index contributed by atoms with van der Waals surface area (Å²) in [7, 11) is 3.20. The Labute approximate surface area is 173 Å². The largest absolute Gasteiger partial charge is 0.494 e. The van der Waals surface area contributed by atoms with E-state index in [2.05, 4.69) is 15.5 Å². The first-order valence-corrected chi connectivity index (χ1v) is 9.98. The lowest BCUT2D eigenvalue weighted by molar-refractivity contribution is -0.115. The SMILES string of the molecule is CCOc1ccccc1CC(=O)Nc1nnc(Cc2ccc(OC)c(OC)c2)s1. The number of nitrogens with one attached hydrogen (secondary N) is 1. The molecule has 0 bridgehead atoms. The van der Waals surface area contributed by atoms with Gasteiger partial charge in [0.25, 0.3) is 0 Å². The Balaban J connectivity index is 1.62. The fourth-order valence-corrected chi connectivity index (χ4v) is 3.61. The van der Waals surface area contributed by atoms with Crippen LogP contribution in [0.4, 0.5) is 5.13 Å². The lowest BCUT2D eigenvalue weighted by Crippen LogP contribution is -2.15. The number of methoxy groups -OCH3 is 2. The van der Waals surface area contributed by atoms with Crippen molar-refractivity contribution in [1.29, 1.82) is 0 Å². The summed E-state index contributed by atoms with van der Waals surface area (Å²) in [6.45, 7) is 2.46. The summed E-state index contributed by atoms with van der Waals surface area (Å²) in [4.78, 5) is 12.4. The normalized spacial score (nSPS) is 10.4. The van der Waals surface area contributed by atoms with E-state index in [0.717, 1.165) is 21.9 Å². The minimum Gasteiger partial charge on any atom is -0.494 e. The molecule has 7 nitrogen and oxygen atoms in total. The van der Waals surface area contributed by atoms with E-state index >= 15 is 0 Å². The van der Waals surface area contributed by atoms with Gasteiger partial charge < -0.3 is 19.5 Å². The summed E-state index contributed by atoms with van der Waals surface area (Å²) in [5, 5.41) is 12.3. The number of amides is 1. The summed E-state index contributed by atoms with van der Waals surface area (Å²) >= 11 is 1.35. The molecule has 0 aliphatic carbocycles. The minimum absolute atomic E-state index is 0.161. The second kappa shape index (κ2) is 9.88. The van der Waals surface area contributed by atoms with E-state index in [1.54, 1.807) is 14.2 Å². The lowest BCUT2D eigenvalue weighted by atomic mass is 10.1. The fourth-order valence-electron chi connectivity index (χ4n) is 2.82. The van der Waals surface area contributed by atoms with E-state index in [4.69, 9.17) is 14.2 Å². The van der Waals surface area contributed by atoms with Crippen LogP contribution in [0.3, 0.4) is 0 Å². The van der Waals surface area contributed by atoms with Gasteiger partial charge in [0.15, 0.2) is 11.5 Å². The number of hydrogen-bond donors (Lipinski definition) is 1. The average molecular weight is 413 g/mol. The van der Waals surface area contributed by atoms with Gasteiger partial charge >= 0.3 is 0 Å². The standard InChI is InChI=1S/C21H23N3O4S/c1-4-28-16-8-6-5-7-15(16)13-19(25)22-21-24-23-20(29-21)12-14-9-10-17(26-2)18(11-14)27-3/h5-11H,4,12-13H2,1-3H3,(H,22,24,25). The average Bonchev–Trinajstić information content (AvgIpc) is 3.16. The molecule has 152 valence electrons. The number of carbonyl (C=O) groups excluding carboxylic acids is 1. The molecule has 3 aromatic rings. The van der Waals surface area contributed by atoms with Gasteiger partial charge in [-0.1, -0.05) is 35.6 Å². The van der Waals surface area contributed by atoms with Crippen LogP contribution in [0.25, 0.3) is 0 Å². The number of para-hydroxylation sites is 1. The summed E-state index contributed by atoms with van der Waals surface area (Å²) in [5.41, 5.74) is 1.85. The Morgan fingerprint density at radius 3 is 2.59 bits per heavy atom. The number of nitrogens with zero attached hydrogens (tertiary/aromatic N) is 2. The highest BCUT2D eigenvalue weighted by molar-refractivity contribution is 7.15. The van der Waals surface area contributed by atoms with E-state index in [-0.39, 0.29) is 12.3 Å². The van der Waals surface area contributed by atoms with Crippen molar-refractivity contribution in [3.05, 3.63) is 58.6 Å². The van der Waals surface area contributed by atoms with Crippen molar-refractivity contribution in [2.75, 3.05) is 26.1 Å². The van der Waals surface area contributed by atoms with Gasteiger partial charge in [-0.25, -0.2) is 0 Å². The molecule has 3 rings (SSSR count). The molecular formula is C21H23N3O4S. The molecule has 0 saturated heterocycles. The van der Waals surface area contributed by atoms with Gasteiger partial charge in [-0.3, -0.25) is 4.79 Å². The van der Waals surface area contributed by atoms with E-state index in [9.17, 15) is 4.79 Å². The van der Waals surface area contributed by atoms with Gasteiger partial charge in [0.05, 0.1) is 27.2 Å². The molecule has 1 heterocycles. The molecule has 0 aliphatic heterocycles. The van der Waals surface area contributed by atoms with Gasteiger partial charge in [-0.15, -0.1) is 10.2 Å². The number of ether oxygens (including phenoxy) is 3. The van der Waals surface area contributed by atoms with Crippen LogP contribution in [-0.4, -0.2) is 36.9 Å². The van der Waals surface area contributed by atoms with Gasteiger partial charge in [-0.2, -0.15) is 0 Å². The maximum absolute atomic E-state index is 12.4. The molecule has 0 atom stereocenters. The maximum Gasteiger partial charge on any atom is 0.230 e. The zero-order valence-corrected chi connectivity index (χ0v) is 17.4. The first-order chi connectivity index (χ1) is 14.1. The van der Waals surface area contributed by atoms with Crippen LogP contribution in [-0.2, 0) is 17.6 Å². The molecule has 1 amide bonds. The second-order valence-electron chi connectivity index (χ2n) is 6.13. The molecule has 0 unspecified atom stereocenters. The quantitative estimate of drug-likeness (QED) is 0.576. The maximum atomic E-state index is 12.4. The summed E-state index contributed by atoms with van der Waals surface area (Å²) in [6, 6.07) is 13.2. The number of hydrogen-bond acceptors (Lipinski definition) is 7. The molecule has 8 heteroatoms. The topological polar surface area (TPSA) is 82.6 Å². The van der Waals surface area contributed by atoms with Crippen LogP contribution in [0.5, 0.6) is 17.2 Å². The molecular weight excluding hydrogens is 390 g/mol. The van der Waals surface area contributed by atoms with Gasteiger partial charge in [-0.05, 0) is 30.7 Å². The fraction of sp³-hybridized carbons (Fsp3) is 0.286. The third-order valence-corrected chi connectivity index (χ3v) is 4.98. The number of anilines is 1. The van der Waals surface area contributed by atoms with Crippen LogP contribution in [0.1, 0.15) is 23.1 Å². The Hall–Kier alpha value is -3.13. The van der Waals surface area contributed by atoms with E-state index in [1.807, 2.05) is 49.4 Å². The summed E-state index contributed by atoms with van der Waals surface area (Å²) in [5.74, 6) is 1.90. The van der Waals surface area contributed by atoms with Crippen LogP contribution < -0.4 is 19.5 Å². The van der Waals surface area contributed by atoms with Crippen molar-refractivity contribution in [1.82, 2.24) is 10.2 Å². The molecule has 1 N–H and O–H groups in total. The third-order valence-electron chi connectivity index (χ3n) is 4.14. The first kappa shape index (κ1) is 20.6. The highest BCUT2D eigenvalue weighted by Gasteiger charge is 2.13. The van der Waals surface area contributed by atoms with Crippen molar-refractivity contribution in [2.45, 2.75) is 19.8 Å². The van der Waals surface area contributed by atoms with E-state index < -0.39 is 0 Å².